The number of carbonyl (C=O) groups is 1. The molecule has 96 valence electrons. The molecular formula is C16H14O3. The molecule has 1 heterocycles. The van der Waals surface area contributed by atoms with Crippen LogP contribution in [0.15, 0.2) is 36.4 Å². The van der Waals surface area contributed by atoms with Gasteiger partial charge in [0.1, 0.15) is 17.4 Å². The number of rotatable bonds is 1. The van der Waals surface area contributed by atoms with Crippen LogP contribution in [-0.4, -0.2) is 11.1 Å². The standard InChI is InChI=1S/C16H14O3/c1-9-7-8-10(2)15-13(9)14(16(17)18)11-5-3-4-6-12(11)19-15/h3-8,14H,1-2H3,(H,17,18)/t14-/m1/s1. The largest absolute Gasteiger partial charge is 0.481 e. The fourth-order valence-electron chi connectivity index (χ4n) is 2.64. The van der Waals surface area contributed by atoms with Crippen molar-refractivity contribution in [1.29, 1.82) is 0 Å². The third kappa shape index (κ3) is 1.70. The highest BCUT2D eigenvalue weighted by Crippen LogP contribution is 2.46. The normalized spacial score (nSPS) is 16.2. The van der Waals surface area contributed by atoms with Gasteiger partial charge in [-0.05, 0) is 31.0 Å². The van der Waals surface area contributed by atoms with Gasteiger partial charge in [0.05, 0.1) is 0 Å². The van der Waals surface area contributed by atoms with Gasteiger partial charge in [-0.2, -0.15) is 0 Å². The summed E-state index contributed by atoms with van der Waals surface area (Å²) in [6, 6.07) is 11.2. The van der Waals surface area contributed by atoms with E-state index in [0.29, 0.717) is 11.5 Å². The average molecular weight is 254 g/mol. The first-order chi connectivity index (χ1) is 9.09. The van der Waals surface area contributed by atoms with E-state index in [1.54, 1.807) is 0 Å². The number of ether oxygens (including phenoxy) is 1. The number of para-hydroxylation sites is 1. The Balaban J connectivity index is 2.32. The number of carboxylic acids is 1. The van der Waals surface area contributed by atoms with Crippen LogP contribution in [0.4, 0.5) is 0 Å². The summed E-state index contributed by atoms with van der Waals surface area (Å²) in [6.07, 6.45) is 0. The SMILES string of the molecule is Cc1ccc(C)c2c1Oc1ccccc1[C@H]2C(=O)O. The van der Waals surface area contributed by atoms with Crippen molar-refractivity contribution in [2.75, 3.05) is 0 Å². The van der Waals surface area contributed by atoms with E-state index in [1.807, 2.05) is 50.2 Å². The van der Waals surface area contributed by atoms with Crippen LogP contribution in [0.25, 0.3) is 0 Å². The van der Waals surface area contributed by atoms with Crippen LogP contribution in [0.2, 0.25) is 0 Å². The predicted octanol–water partition coefficient (Wildman–Crippen LogP) is 3.63. The molecule has 0 spiro atoms. The van der Waals surface area contributed by atoms with Gasteiger partial charge < -0.3 is 9.84 Å². The van der Waals surface area contributed by atoms with Crippen molar-refractivity contribution in [3.63, 3.8) is 0 Å². The number of fused-ring (bicyclic) bond motifs is 2. The van der Waals surface area contributed by atoms with Crippen molar-refractivity contribution in [1.82, 2.24) is 0 Å². The molecule has 0 aromatic heterocycles. The Morgan fingerprint density at radius 2 is 1.79 bits per heavy atom. The lowest BCUT2D eigenvalue weighted by Gasteiger charge is -2.28. The molecule has 0 saturated heterocycles. The minimum absolute atomic E-state index is 0.635. The Hall–Kier alpha value is -2.29. The van der Waals surface area contributed by atoms with Crippen LogP contribution in [0.3, 0.4) is 0 Å². The van der Waals surface area contributed by atoms with Gasteiger partial charge >= 0.3 is 5.97 Å². The van der Waals surface area contributed by atoms with E-state index in [9.17, 15) is 9.90 Å². The molecule has 3 heteroatoms. The summed E-state index contributed by atoms with van der Waals surface area (Å²) < 4.78 is 5.91. The maximum Gasteiger partial charge on any atom is 0.315 e. The van der Waals surface area contributed by atoms with E-state index in [1.165, 1.54) is 0 Å². The molecule has 2 aromatic carbocycles. The zero-order valence-corrected chi connectivity index (χ0v) is 10.8. The lowest BCUT2D eigenvalue weighted by atomic mass is 9.84. The maximum absolute atomic E-state index is 11.7. The fourth-order valence-corrected chi connectivity index (χ4v) is 2.64. The van der Waals surface area contributed by atoms with Gasteiger partial charge in [0.2, 0.25) is 0 Å². The first-order valence-electron chi connectivity index (χ1n) is 6.19. The van der Waals surface area contributed by atoms with E-state index in [-0.39, 0.29) is 0 Å². The highest BCUT2D eigenvalue weighted by molar-refractivity contribution is 5.84. The fraction of sp³-hybridized carbons (Fsp3) is 0.188. The first-order valence-corrected chi connectivity index (χ1v) is 6.19. The zero-order valence-electron chi connectivity index (χ0n) is 10.8. The summed E-state index contributed by atoms with van der Waals surface area (Å²) in [5, 5.41) is 9.59. The van der Waals surface area contributed by atoms with E-state index in [4.69, 9.17) is 4.74 Å². The third-order valence-corrected chi connectivity index (χ3v) is 3.59. The van der Waals surface area contributed by atoms with Crippen LogP contribution >= 0.6 is 0 Å². The van der Waals surface area contributed by atoms with Crippen LogP contribution in [0.5, 0.6) is 11.5 Å². The second-order valence-electron chi connectivity index (χ2n) is 4.85. The highest BCUT2D eigenvalue weighted by Gasteiger charge is 2.34. The minimum Gasteiger partial charge on any atom is -0.481 e. The number of hydrogen-bond donors (Lipinski definition) is 1. The van der Waals surface area contributed by atoms with Crippen LogP contribution in [-0.2, 0) is 4.79 Å². The molecule has 1 aliphatic heterocycles. The van der Waals surface area contributed by atoms with Crippen LogP contribution < -0.4 is 4.74 Å². The summed E-state index contributed by atoms with van der Waals surface area (Å²) in [5.41, 5.74) is 3.39. The molecule has 2 aromatic rings. The predicted molar refractivity (Wildman–Crippen MR) is 71.9 cm³/mol. The third-order valence-electron chi connectivity index (χ3n) is 3.59. The van der Waals surface area contributed by atoms with Gasteiger partial charge in [-0.1, -0.05) is 30.3 Å². The molecule has 0 unspecified atom stereocenters. The smallest absolute Gasteiger partial charge is 0.315 e. The minimum atomic E-state index is -0.842. The lowest BCUT2D eigenvalue weighted by Crippen LogP contribution is -2.20. The molecule has 0 fully saturated rings. The maximum atomic E-state index is 11.7. The van der Waals surface area contributed by atoms with E-state index in [0.717, 1.165) is 22.3 Å². The molecule has 1 N–H and O–H groups in total. The van der Waals surface area contributed by atoms with Crippen molar-refractivity contribution in [3.8, 4) is 11.5 Å². The molecule has 3 rings (SSSR count). The number of aryl methyl sites for hydroxylation is 2. The molecule has 0 bridgehead atoms. The summed E-state index contributed by atoms with van der Waals surface area (Å²) >= 11 is 0. The van der Waals surface area contributed by atoms with Crippen molar-refractivity contribution in [3.05, 3.63) is 58.7 Å². The molecule has 0 radical (unpaired) electrons. The van der Waals surface area contributed by atoms with E-state index >= 15 is 0 Å². The van der Waals surface area contributed by atoms with Gasteiger partial charge in [0.15, 0.2) is 0 Å². The highest BCUT2D eigenvalue weighted by atomic mass is 16.5. The Labute approximate surface area is 111 Å². The lowest BCUT2D eigenvalue weighted by molar-refractivity contribution is -0.137. The van der Waals surface area contributed by atoms with Gasteiger partial charge in [0.25, 0.3) is 0 Å². The second kappa shape index (κ2) is 4.12. The van der Waals surface area contributed by atoms with Crippen molar-refractivity contribution in [2.45, 2.75) is 19.8 Å². The van der Waals surface area contributed by atoms with Crippen LogP contribution in [0, 0.1) is 13.8 Å². The quantitative estimate of drug-likeness (QED) is 0.845. The average Bonchev–Trinajstić information content (AvgIpc) is 2.40. The molecular weight excluding hydrogens is 240 g/mol. The molecule has 0 saturated carbocycles. The molecule has 3 nitrogen and oxygen atoms in total. The van der Waals surface area contributed by atoms with E-state index in [2.05, 4.69) is 0 Å². The summed E-state index contributed by atoms with van der Waals surface area (Å²) in [7, 11) is 0. The molecule has 1 aliphatic rings. The molecule has 1 atom stereocenters. The summed E-state index contributed by atoms with van der Waals surface area (Å²) in [5.74, 6) is -0.173. The number of benzene rings is 2. The Kier molecular flexibility index (Phi) is 2.56. The molecule has 19 heavy (non-hydrogen) atoms. The Bertz CT molecular complexity index is 674. The second-order valence-corrected chi connectivity index (χ2v) is 4.85. The van der Waals surface area contributed by atoms with Gasteiger partial charge in [-0.3, -0.25) is 4.79 Å². The first kappa shape index (κ1) is 11.8. The van der Waals surface area contributed by atoms with E-state index < -0.39 is 11.9 Å². The Morgan fingerprint density at radius 1 is 1.11 bits per heavy atom. The number of hydrogen-bond acceptors (Lipinski definition) is 2. The summed E-state index contributed by atoms with van der Waals surface area (Å²) in [4.78, 5) is 11.7. The Morgan fingerprint density at radius 3 is 2.53 bits per heavy atom. The van der Waals surface area contributed by atoms with Crippen molar-refractivity contribution < 1.29 is 14.6 Å². The molecule has 0 amide bonds. The zero-order chi connectivity index (χ0) is 13.6. The van der Waals surface area contributed by atoms with Gasteiger partial charge in [-0.15, -0.1) is 0 Å². The van der Waals surface area contributed by atoms with Crippen molar-refractivity contribution >= 4 is 5.97 Å². The monoisotopic (exact) mass is 254 g/mol. The van der Waals surface area contributed by atoms with Gasteiger partial charge in [0, 0.05) is 11.1 Å². The van der Waals surface area contributed by atoms with Crippen LogP contribution in [0.1, 0.15) is 28.2 Å². The number of aliphatic carboxylic acids is 1. The van der Waals surface area contributed by atoms with Gasteiger partial charge in [-0.25, -0.2) is 0 Å². The number of carboxylic acid groups (broad SMARTS) is 1. The molecule has 0 aliphatic carbocycles. The topological polar surface area (TPSA) is 46.5 Å². The van der Waals surface area contributed by atoms with Crippen molar-refractivity contribution in [2.24, 2.45) is 0 Å². The summed E-state index contributed by atoms with van der Waals surface area (Å²) in [6.45, 7) is 3.86.